The van der Waals surface area contributed by atoms with Crippen molar-refractivity contribution in [1.29, 1.82) is 0 Å². The van der Waals surface area contributed by atoms with Crippen molar-refractivity contribution in [3.05, 3.63) is 101 Å². The van der Waals surface area contributed by atoms with Gasteiger partial charge in [-0.1, -0.05) is 45.7 Å². The largest absolute Gasteiger partial charge is 0.488 e. The summed E-state index contributed by atoms with van der Waals surface area (Å²) >= 11 is 11.8. The highest BCUT2D eigenvalue weighted by Gasteiger charge is 2.08. The van der Waals surface area contributed by atoms with Gasteiger partial charge in [-0.2, -0.15) is 9.78 Å². The van der Waals surface area contributed by atoms with Crippen LogP contribution in [0.2, 0.25) is 5.02 Å². The Morgan fingerprint density at radius 2 is 2.00 bits per heavy atom. The van der Waals surface area contributed by atoms with E-state index in [4.69, 9.17) is 16.3 Å². The number of halogens is 3. The Balaban J connectivity index is 1.57. The van der Waals surface area contributed by atoms with Crippen LogP contribution in [-0.2, 0) is 6.61 Å². The predicted molar refractivity (Wildman–Crippen MR) is 136 cm³/mol. The molecule has 4 aromatic rings. The monoisotopic (exact) mass is 607 g/mol. The molecular formula is C23H16BrClIN3O2. The zero-order chi connectivity index (χ0) is 22.0. The lowest BCUT2D eigenvalue weighted by atomic mass is 10.2. The van der Waals surface area contributed by atoms with Gasteiger partial charge in [0, 0.05) is 15.1 Å². The third-order valence-electron chi connectivity index (χ3n) is 4.59. The van der Waals surface area contributed by atoms with Crippen LogP contribution in [0.5, 0.6) is 5.75 Å². The van der Waals surface area contributed by atoms with Crippen molar-refractivity contribution in [2.45, 2.75) is 13.5 Å². The number of rotatable bonds is 5. The van der Waals surface area contributed by atoms with Gasteiger partial charge >= 0.3 is 0 Å². The van der Waals surface area contributed by atoms with Gasteiger partial charge in [-0.05, 0) is 77.5 Å². The molecule has 3 aromatic carbocycles. The number of benzene rings is 3. The zero-order valence-corrected chi connectivity index (χ0v) is 20.8. The molecule has 0 atom stereocenters. The van der Waals surface area contributed by atoms with E-state index >= 15 is 0 Å². The Morgan fingerprint density at radius 3 is 2.77 bits per heavy atom. The van der Waals surface area contributed by atoms with E-state index in [1.807, 2.05) is 54.6 Å². The molecular weight excluding hydrogens is 593 g/mol. The summed E-state index contributed by atoms with van der Waals surface area (Å²) in [6.07, 6.45) is 1.64. The van der Waals surface area contributed by atoms with Crippen LogP contribution in [0.15, 0.2) is 75.0 Å². The van der Waals surface area contributed by atoms with Crippen LogP contribution in [0.1, 0.15) is 17.0 Å². The summed E-state index contributed by atoms with van der Waals surface area (Å²) in [5, 5.41) is 5.56. The van der Waals surface area contributed by atoms with E-state index in [0.29, 0.717) is 28.4 Å². The second-order valence-electron chi connectivity index (χ2n) is 6.75. The molecule has 0 bridgehead atoms. The first-order chi connectivity index (χ1) is 14.9. The molecule has 0 fully saturated rings. The van der Waals surface area contributed by atoms with E-state index in [-0.39, 0.29) is 5.56 Å². The van der Waals surface area contributed by atoms with Gasteiger partial charge in [0.05, 0.1) is 20.7 Å². The molecule has 1 heterocycles. The van der Waals surface area contributed by atoms with E-state index in [1.54, 1.807) is 19.2 Å². The van der Waals surface area contributed by atoms with Gasteiger partial charge < -0.3 is 4.74 Å². The fraction of sp³-hybridized carbons (Fsp3) is 0.0870. The lowest BCUT2D eigenvalue weighted by Crippen LogP contribution is -2.20. The number of hydrogen-bond donors (Lipinski definition) is 0. The van der Waals surface area contributed by atoms with Crippen molar-refractivity contribution < 1.29 is 4.74 Å². The maximum Gasteiger partial charge on any atom is 0.282 e. The molecule has 0 N–H and O–H groups in total. The maximum absolute atomic E-state index is 12.8. The second-order valence-corrected chi connectivity index (χ2v) is 9.24. The molecule has 8 heteroatoms. The molecule has 5 nitrogen and oxygen atoms in total. The zero-order valence-electron chi connectivity index (χ0n) is 16.3. The Morgan fingerprint density at radius 1 is 1.19 bits per heavy atom. The van der Waals surface area contributed by atoms with E-state index in [1.165, 1.54) is 4.68 Å². The Hall–Kier alpha value is -2.23. The smallest absolute Gasteiger partial charge is 0.282 e. The van der Waals surface area contributed by atoms with Gasteiger partial charge in [0.15, 0.2) is 0 Å². The first kappa shape index (κ1) is 22.0. The summed E-state index contributed by atoms with van der Waals surface area (Å²) in [5.74, 6) is 1.27. The molecule has 0 amide bonds. The molecule has 4 rings (SSSR count). The topological polar surface area (TPSA) is 56.5 Å². The highest BCUT2D eigenvalue weighted by molar-refractivity contribution is 14.1. The summed E-state index contributed by atoms with van der Waals surface area (Å²) in [6.45, 7) is 2.14. The van der Waals surface area contributed by atoms with Crippen molar-refractivity contribution in [1.82, 2.24) is 9.66 Å². The summed E-state index contributed by atoms with van der Waals surface area (Å²) in [5.41, 5.74) is 2.20. The molecule has 0 unspecified atom stereocenters. The Labute approximate surface area is 206 Å². The molecule has 0 radical (unpaired) electrons. The van der Waals surface area contributed by atoms with Gasteiger partial charge in [-0.3, -0.25) is 4.79 Å². The van der Waals surface area contributed by atoms with Crippen LogP contribution in [0.25, 0.3) is 10.9 Å². The number of nitrogens with zero attached hydrogens (tertiary/aromatic N) is 3. The van der Waals surface area contributed by atoms with E-state index in [9.17, 15) is 4.79 Å². The third-order valence-corrected chi connectivity index (χ3v) is 6.29. The molecule has 156 valence electrons. The third kappa shape index (κ3) is 4.99. The Kier molecular flexibility index (Phi) is 6.74. The maximum atomic E-state index is 12.8. The van der Waals surface area contributed by atoms with Crippen LogP contribution in [0, 0.1) is 10.5 Å². The summed E-state index contributed by atoms with van der Waals surface area (Å²) < 4.78 is 8.97. The van der Waals surface area contributed by atoms with Crippen molar-refractivity contribution in [3.63, 3.8) is 0 Å². The molecule has 0 saturated carbocycles. The minimum absolute atomic E-state index is 0.213. The van der Waals surface area contributed by atoms with Crippen molar-refractivity contribution in [2.24, 2.45) is 5.10 Å². The predicted octanol–water partition coefficient (Wildman–Crippen LogP) is 6.19. The summed E-state index contributed by atoms with van der Waals surface area (Å²) in [4.78, 5) is 17.3. The first-order valence-electron chi connectivity index (χ1n) is 9.31. The van der Waals surface area contributed by atoms with Crippen LogP contribution in [0.4, 0.5) is 0 Å². The number of aryl methyl sites for hydroxylation is 1. The molecule has 0 aliphatic heterocycles. The first-order valence-corrected chi connectivity index (χ1v) is 11.6. The molecule has 0 aliphatic carbocycles. The molecule has 31 heavy (non-hydrogen) atoms. The van der Waals surface area contributed by atoms with E-state index in [2.05, 4.69) is 48.6 Å². The normalized spacial score (nSPS) is 11.4. The van der Waals surface area contributed by atoms with E-state index < -0.39 is 0 Å². The van der Waals surface area contributed by atoms with Gasteiger partial charge in [-0.15, -0.1) is 0 Å². The average Bonchev–Trinajstić information content (AvgIpc) is 2.74. The van der Waals surface area contributed by atoms with E-state index in [0.717, 1.165) is 24.9 Å². The second kappa shape index (κ2) is 9.50. The molecule has 0 spiro atoms. The molecule has 1 aromatic heterocycles. The molecule has 0 saturated heterocycles. The van der Waals surface area contributed by atoms with Crippen molar-refractivity contribution in [3.8, 4) is 5.75 Å². The van der Waals surface area contributed by atoms with Gasteiger partial charge in [-0.25, -0.2) is 4.98 Å². The minimum atomic E-state index is -0.213. The van der Waals surface area contributed by atoms with Crippen LogP contribution in [0.3, 0.4) is 0 Å². The number of hydrogen-bond acceptors (Lipinski definition) is 4. The minimum Gasteiger partial charge on any atom is -0.488 e. The quantitative estimate of drug-likeness (QED) is 0.201. The van der Waals surface area contributed by atoms with Gasteiger partial charge in [0.1, 0.15) is 18.2 Å². The van der Waals surface area contributed by atoms with Crippen LogP contribution < -0.4 is 10.3 Å². The number of ether oxygens (including phenoxy) is 1. The summed E-state index contributed by atoms with van der Waals surface area (Å²) in [6, 6.07) is 18.7. The lowest BCUT2D eigenvalue weighted by molar-refractivity contribution is 0.304. The standard InChI is InChI=1S/C23H16BrClIN3O2/c1-14-28-21-8-7-17(24)11-18(21)23(30)29(14)27-12-15-6-9-22(20(26)10-15)31-13-16-4-2-3-5-19(16)25/h2-12H,13H2,1H3. The number of fused-ring (bicyclic) bond motifs is 1. The van der Waals surface area contributed by atoms with Crippen LogP contribution >= 0.6 is 50.1 Å². The fourth-order valence-corrected chi connectivity index (χ4v) is 4.25. The van der Waals surface area contributed by atoms with Gasteiger partial charge in [0.25, 0.3) is 5.56 Å². The molecule has 0 aliphatic rings. The van der Waals surface area contributed by atoms with Crippen LogP contribution in [-0.4, -0.2) is 15.9 Å². The average molecular weight is 609 g/mol. The highest BCUT2D eigenvalue weighted by Crippen LogP contribution is 2.24. The fourth-order valence-electron chi connectivity index (χ4n) is 3.01. The van der Waals surface area contributed by atoms with Crippen molar-refractivity contribution >= 4 is 67.2 Å². The Bertz CT molecular complexity index is 1370. The SMILES string of the molecule is Cc1nc2ccc(Br)cc2c(=O)n1N=Cc1ccc(OCc2ccccc2Cl)c(I)c1. The van der Waals surface area contributed by atoms with Crippen molar-refractivity contribution in [2.75, 3.05) is 0 Å². The highest BCUT2D eigenvalue weighted by atomic mass is 127. The number of aromatic nitrogens is 2. The summed E-state index contributed by atoms with van der Waals surface area (Å²) in [7, 11) is 0. The lowest BCUT2D eigenvalue weighted by Gasteiger charge is -2.10. The van der Waals surface area contributed by atoms with Gasteiger partial charge in [0.2, 0.25) is 0 Å².